The molecule has 0 saturated carbocycles. The second kappa shape index (κ2) is 7.32. The molecule has 0 aromatic heterocycles. The molecule has 2 rings (SSSR count). The minimum atomic E-state index is -1.27. The summed E-state index contributed by atoms with van der Waals surface area (Å²) in [6.07, 6.45) is 0.144. The van der Waals surface area contributed by atoms with Gasteiger partial charge in [0.15, 0.2) is 11.6 Å². The summed E-state index contributed by atoms with van der Waals surface area (Å²) in [4.78, 5) is 23.6. The Morgan fingerprint density at radius 2 is 1.78 bits per heavy atom. The van der Waals surface area contributed by atoms with E-state index in [0.29, 0.717) is 0 Å². The fourth-order valence-corrected chi connectivity index (χ4v) is 2.26. The molecule has 0 radical (unpaired) electrons. The topological polar surface area (TPSA) is 72.2 Å². The first-order chi connectivity index (χ1) is 10.9. The van der Waals surface area contributed by atoms with Gasteiger partial charge in [0.05, 0.1) is 5.56 Å². The molecule has 1 atom stereocenters. The number of primary amides is 1. The summed E-state index contributed by atoms with van der Waals surface area (Å²) in [5.74, 6) is -4.07. The highest BCUT2D eigenvalue weighted by Gasteiger charge is 2.22. The number of carbonyl (C=O) groups excluding carboxylic acids is 2. The van der Waals surface area contributed by atoms with E-state index in [1.807, 2.05) is 0 Å². The van der Waals surface area contributed by atoms with Crippen molar-refractivity contribution >= 4 is 27.7 Å². The highest BCUT2D eigenvalue weighted by Crippen LogP contribution is 2.14. The third kappa shape index (κ3) is 4.35. The molecular formula is C16H13BrF2N2O2. The first-order valence-electron chi connectivity index (χ1n) is 6.67. The van der Waals surface area contributed by atoms with Gasteiger partial charge < -0.3 is 11.1 Å². The molecule has 0 aliphatic rings. The molecule has 7 heteroatoms. The molecule has 2 aromatic rings. The van der Waals surface area contributed by atoms with Crippen molar-refractivity contribution in [1.82, 2.24) is 5.32 Å². The van der Waals surface area contributed by atoms with Gasteiger partial charge >= 0.3 is 0 Å². The molecule has 0 aliphatic carbocycles. The molecule has 0 aliphatic heterocycles. The van der Waals surface area contributed by atoms with Crippen LogP contribution >= 0.6 is 15.9 Å². The van der Waals surface area contributed by atoms with Gasteiger partial charge in [0.1, 0.15) is 6.04 Å². The molecule has 0 spiro atoms. The van der Waals surface area contributed by atoms with Gasteiger partial charge in [-0.1, -0.05) is 34.1 Å². The lowest BCUT2D eigenvalue weighted by atomic mass is 10.0. The Labute approximate surface area is 139 Å². The van der Waals surface area contributed by atoms with E-state index >= 15 is 0 Å². The van der Waals surface area contributed by atoms with Gasteiger partial charge in [-0.25, -0.2) is 8.78 Å². The monoisotopic (exact) mass is 382 g/mol. The maximum Gasteiger partial charge on any atom is 0.255 e. The second-order valence-electron chi connectivity index (χ2n) is 4.86. The zero-order valence-electron chi connectivity index (χ0n) is 11.9. The largest absolute Gasteiger partial charge is 0.368 e. The van der Waals surface area contributed by atoms with E-state index in [0.717, 1.165) is 22.2 Å². The van der Waals surface area contributed by atoms with E-state index < -0.39 is 35.1 Å². The lowest BCUT2D eigenvalue weighted by molar-refractivity contribution is -0.119. The molecule has 0 unspecified atom stereocenters. The molecule has 3 N–H and O–H groups in total. The van der Waals surface area contributed by atoms with Crippen LogP contribution in [0.2, 0.25) is 0 Å². The van der Waals surface area contributed by atoms with Crippen LogP contribution in [0, 0.1) is 11.6 Å². The number of benzene rings is 2. The molecular weight excluding hydrogens is 370 g/mol. The standard InChI is InChI=1S/C16H13BrF2N2O2/c17-10-6-4-9(5-7-10)8-13(15(20)22)21-16(23)11-2-1-3-12(18)14(11)19/h1-7,13H,8H2,(H2,20,22)(H,21,23)/t13-/m1/s1. The van der Waals surface area contributed by atoms with Gasteiger partial charge in [-0.05, 0) is 29.8 Å². The minimum absolute atomic E-state index is 0.144. The number of nitrogens with one attached hydrogen (secondary N) is 1. The fourth-order valence-electron chi connectivity index (χ4n) is 1.99. The number of hydrogen-bond acceptors (Lipinski definition) is 2. The van der Waals surface area contributed by atoms with Crippen molar-refractivity contribution < 1.29 is 18.4 Å². The number of nitrogens with two attached hydrogens (primary N) is 1. The van der Waals surface area contributed by atoms with Crippen molar-refractivity contribution in [2.45, 2.75) is 12.5 Å². The predicted octanol–water partition coefficient (Wildman–Crippen LogP) is 2.55. The summed E-state index contributed by atoms with van der Waals surface area (Å²) in [6, 6.07) is 9.28. The molecule has 0 bridgehead atoms. The fraction of sp³-hybridized carbons (Fsp3) is 0.125. The average Bonchev–Trinajstić information content (AvgIpc) is 2.51. The van der Waals surface area contributed by atoms with Crippen LogP contribution in [0.25, 0.3) is 0 Å². The lowest BCUT2D eigenvalue weighted by Crippen LogP contribution is -2.46. The Hall–Kier alpha value is -2.28. The molecule has 2 amide bonds. The van der Waals surface area contributed by atoms with Gasteiger partial charge in [0.25, 0.3) is 5.91 Å². The maximum absolute atomic E-state index is 13.6. The van der Waals surface area contributed by atoms with Crippen LogP contribution in [0.3, 0.4) is 0 Å². The number of hydrogen-bond donors (Lipinski definition) is 2. The van der Waals surface area contributed by atoms with E-state index in [1.165, 1.54) is 6.07 Å². The van der Waals surface area contributed by atoms with Crippen molar-refractivity contribution in [2.24, 2.45) is 5.73 Å². The summed E-state index contributed by atoms with van der Waals surface area (Å²) in [5, 5.41) is 2.33. The Balaban J connectivity index is 2.16. The Kier molecular flexibility index (Phi) is 5.44. The van der Waals surface area contributed by atoms with Gasteiger partial charge in [-0.2, -0.15) is 0 Å². The van der Waals surface area contributed by atoms with Gasteiger partial charge in [0, 0.05) is 10.9 Å². The number of carbonyl (C=O) groups is 2. The van der Waals surface area contributed by atoms with Crippen LogP contribution in [0.1, 0.15) is 15.9 Å². The lowest BCUT2D eigenvalue weighted by Gasteiger charge is -2.16. The van der Waals surface area contributed by atoms with Crippen LogP contribution in [-0.4, -0.2) is 17.9 Å². The summed E-state index contributed by atoms with van der Waals surface area (Å²) >= 11 is 3.29. The van der Waals surface area contributed by atoms with Crippen molar-refractivity contribution in [3.8, 4) is 0 Å². The van der Waals surface area contributed by atoms with E-state index in [4.69, 9.17) is 5.73 Å². The molecule has 4 nitrogen and oxygen atoms in total. The SMILES string of the molecule is NC(=O)[C@@H](Cc1ccc(Br)cc1)NC(=O)c1cccc(F)c1F. The number of halogens is 3. The van der Waals surface area contributed by atoms with E-state index in [2.05, 4.69) is 21.2 Å². The van der Waals surface area contributed by atoms with Crippen molar-refractivity contribution in [1.29, 1.82) is 0 Å². The van der Waals surface area contributed by atoms with E-state index in [9.17, 15) is 18.4 Å². The normalized spacial score (nSPS) is 11.8. The Morgan fingerprint density at radius 1 is 1.13 bits per heavy atom. The van der Waals surface area contributed by atoms with Gasteiger partial charge in [-0.3, -0.25) is 9.59 Å². The van der Waals surface area contributed by atoms with E-state index in [-0.39, 0.29) is 6.42 Å². The molecule has 0 saturated heterocycles. The first-order valence-corrected chi connectivity index (χ1v) is 7.46. The zero-order chi connectivity index (χ0) is 17.0. The highest BCUT2D eigenvalue weighted by atomic mass is 79.9. The Morgan fingerprint density at radius 3 is 2.39 bits per heavy atom. The third-order valence-electron chi connectivity index (χ3n) is 3.20. The van der Waals surface area contributed by atoms with Crippen molar-refractivity contribution in [2.75, 3.05) is 0 Å². The highest BCUT2D eigenvalue weighted by molar-refractivity contribution is 9.10. The summed E-state index contributed by atoms with van der Waals surface area (Å²) < 4.78 is 27.7. The van der Waals surface area contributed by atoms with Crippen LogP contribution in [0.15, 0.2) is 46.9 Å². The first kappa shape index (κ1) is 17.1. The van der Waals surface area contributed by atoms with Crippen LogP contribution < -0.4 is 11.1 Å². The summed E-state index contributed by atoms with van der Waals surface area (Å²) in [6.45, 7) is 0. The smallest absolute Gasteiger partial charge is 0.255 e. The van der Waals surface area contributed by atoms with Crippen LogP contribution in [0.5, 0.6) is 0 Å². The maximum atomic E-state index is 13.6. The van der Waals surface area contributed by atoms with Gasteiger partial charge in [-0.15, -0.1) is 0 Å². The quantitative estimate of drug-likeness (QED) is 0.833. The number of amides is 2. The van der Waals surface area contributed by atoms with Crippen LogP contribution in [-0.2, 0) is 11.2 Å². The summed E-state index contributed by atoms with van der Waals surface area (Å²) in [7, 11) is 0. The van der Waals surface area contributed by atoms with Gasteiger partial charge in [0.2, 0.25) is 5.91 Å². The minimum Gasteiger partial charge on any atom is -0.368 e. The zero-order valence-corrected chi connectivity index (χ0v) is 13.4. The number of rotatable bonds is 5. The third-order valence-corrected chi connectivity index (χ3v) is 3.73. The van der Waals surface area contributed by atoms with Crippen molar-refractivity contribution in [3.63, 3.8) is 0 Å². The van der Waals surface area contributed by atoms with E-state index in [1.54, 1.807) is 24.3 Å². The average molecular weight is 383 g/mol. The molecule has 2 aromatic carbocycles. The second-order valence-corrected chi connectivity index (χ2v) is 5.78. The van der Waals surface area contributed by atoms with Crippen LogP contribution in [0.4, 0.5) is 8.78 Å². The molecule has 120 valence electrons. The predicted molar refractivity (Wildman–Crippen MR) is 84.7 cm³/mol. The van der Waals surface area contributed by atoms with Crippen molar-refractivity contribution in [3.05, 3.63) is 69.7 Å². The molecule has 0 heterocycles. The molecule has 0 fully saturated rings. The summed E-state index contributed by atoms with van der Waals surface area (Å²) in [5.41, 5.74) is 5.56. The Bertz CT molecular complexity index is 735. The molecule has 23 heavy (non-hydrogen) atoms.